The maximum atomic E-state index is 2.72. The van der Waals surface area contributed by atoms with Crippen LogP contribution in [-0.2, 0) is 0 Å². The minimum Gasteiger partial charge on any atom is -0.0837 e. The van der Waals surface area contributed by atoms with Crippen molar-refractivity contribution in [2.24, 2.45) is 46.3 Å². The molecule has 0 bridgehead atoms. The van der Waals surface area contributed by atoms with Crippen LogP contribution in [0.2, 0.25) is 0 Å². The predicted octanol–water partition coefficient (Wildman–Crippen LogP) is 8.19. The fourth-order valence-corrected chi connectivity index (χ4v) is 8.40. The van der Waals surface area contributed by atoms with Gasteiger partial charge in [-0.05, 0) is 91.3 Å². The molecule has 0 spiro atoms. The van der Waals surface area contributed by atoms with E-state index in [1.54, 1.807) is 5.57 Å². The van der Waals surface area contributed by atoms with Crippen LogP contribution in [0.3, 0.4) is 0 Å². The molecule has 0 nitrogen and oxygen atoms in total. The zero-order chi connectivity index (χ0) is 19.2. The van der Waals surface area contributed by atoms with E-state index in [1.165, 1.54) is 64.2 Å². The second-order valence-electron chi connectivity index (χ2n) is 11.7. The van der Waals surface area contributed by atoms with Gasteiger partial charge in [0.25, 0.3) is 0 Å². The molecule has 0 saturated heterocycles. The van der Waals surface area contributed by atoms with Crippen molar-refractivity contribution in [3.05, 3.63) is 23.8 Å². The maximum Gasteiger partial charge on any atom is -0.00477 e. The lowest BCUT2D eigenvalue weighted by Crippen LogP contribution is -2.50. The van der Waals surface area contributed by atoms with Crippen LogP contribution < -0.4 is 0 Å². The van der Waals surface area contributed by atoms with Crippen LogP contribution in [0.25, 0.3) is 0 Å². The Morgan fingerprint density at radius 3 is 2.59 bits per heavy atom. The van der Waals surface area contributed by atoms with Gasteiger partial charge < -0.3 is 0 Å². The van der Waals surface area contributed by atoms with Crippen LogP contribution in [0.1, 0.15) is 98.8 Å². The molecule has 0 heteroatoms. The summed E-state index contributed by atoms with van der Waals surface area (Å²) in [6.45, 7) is 12.7. The molecule has 7 unspecified atom stereocenters. The average Bonchev–Trinajstić information content (AvgIpc) is 2.98. The Labute approximate surface area is 169 Å². The minimum atomic E-state index is 0.486. The van der Waals surface area contributed by atoms with Crippen molar-refractivity contribution in [3.8, 4) is 0 Å². The number of hydrogen-bond acceptors (Lipinski definition) is 0. The molecule has 0 aromatic carbocycles. The highest BCUT2D eigenvalue weighted by molar-refractivity contribution is 5.30. The van der Waals surface area contributed by atoms with Crippen molar-refractivity contribution in [1.29, 1.82) is 0 Å². The molecule has 0 aromatic rings. The molecule has 0 radical (unpaired) electrons. The van der Waals surface area contributed by atoms with Crippen molar-refractivity contribution in [2.75, 3.05) is 0 Å². The third-order valence-corrected chi connectivity index (χ3v) is 9.91. The predicted molar refractivity (Wildman–Crippen MR) is 118 cm³/mol. The molecule has 3 fully saturated rings. The first kappa shape index (κ1) is 19.8. The zero-order valence-corrected chi connectivity index (χ0v) is 18.8. The van der Waals surface area contributed by atoms with Crippen LogP contribution in [0, 0.1) is 46.3 Å². The van der Waals surface area contributed by atoms with Gasteiger partial charge in [0.1, 0.15) is 0 Å². The molecule has 0 heterocycles. The van der Waals surface area contributed by atoms with E-state index in [4.69, 9.17) is 0 Å². The third-order valence-electron chi connectivity index (χ3n) is 9.91. The minimum absolute atomic E-state index is 0.486. The number of hydrogen-bond donors (Lipinski definition) is 0. The van der Waals surface area contributed by atoms with Crippen LogP contribution in [0.5, 0.6) is 0 Å². The molecule has 152 valence electrons. The second-order valence-corrected chi connectivity index (χ2v) is 11.7. The van der Waals surface area contributed by atoms with Gasteiger partial charge in [-0.3, -0.25) is 0 Å². The SMILES string of the molecule is CC(C)CCCC(C)C1CCC2C3CCC4=CC=CCC4(C)C3CCC12C. The van der Waals surface area contributed by atoms with E-state index in [0.717, 1.165) is 35.5 Å². The van der Waals surface area contributed by atoms with E-state index < -0.39 is 0 Å². The first-order valence-corrected chi connectivity index (χ1v) is 12.2. The summed E-state index contributed by atoms with van der Waals surface area (Å²) in [6, 6.07) is 0. The lowest BCUT2D eigenvalue weighted by Gasteiger charge is -2.58. The largest absolute Gasteiger partial charge is 0.0837 e. The molecule has 0 amide bonds. The smallest absolute Gasteiger partial charge is 0.00477 e. The maximum absolute atomic E-state index is 2.72. The van der Waals surface area contributed by atoms with Gasteiger partial charge in [-0.25, -0.2) is 0 Å². The van der Waals surface area contributed by atoms with E-state index in [-0.39, 0.29) is 0 Å². The fourth-order valence-electron chi connectivity index (χ4n) is 8.40. The van der Waals surface area contributed by atoms with E-state index in [0.29, 0.717) is 10.8 Å². The normalized spacial score (nSPS) is 44.4. The standard InChI is InChI=1S/C27H44/c1-19(2)9-8-10-20(3)23-14-15-24-22-13-12-21-11-6-7-17-26(21,4)25(22)16-18-27(23,24)5/h6-7,11,19-20,22-25H,8-10,12-18H2,1-5H3. The van der Waals surface area contributed by atoms with Crippen LogP contribution in [-0.4, -0.2) is 0 Å². The highest BCUT2D eigenvalue weighted by Crippen LogP contribution is 2.67. The second kappa shape index (κ2) is 7.38. The summed E-state index contributed by atoms with van der Waals surface area (Å²) in [6.07, 6.45) is 21.8. The molecule has 4 aliphatic rings. The van der Waals surface area contributed by atoms with E-state index >= 15 is 0 Å². The summed E-state index contributed by atoms with van der Waals surface area (Å²) < 4.78 is 0. The average molecular weight is 369 g/mol. The van der Waals surface area contributed by atoms with E-state index in [1.807, 2.05) is 0 Å². The number of allylic oxidation sites excluding steroid dienone is 4. The summed E-state index contributed by atoms with van der Waals surface area (Å²) in [5, 5.41) is 0. The topological polar surface area (TPSA) is 0 Å². The van der Waals surface area contributed by atoms with E-state index in [9.17, 15) is 0 Å². The summed E-state index contributed by atoms with van der Waals surface area (Å²) in [5.41, 5.74) is 2.91. The monoisotopic (exact) mass is 368 g/mol. The number of fused-ring (bicyclic) bond motifs is 5. The zero-order valence-electron chi connectivity index (χ0n) is 18.8. The van der Waals surface area contributed by atoms with Gasteiger partial charge in [0.05, 0.1) is 0 Å². The van der Waals surface area contributed by atoms with E-state index in [2.05, 4.69) is 52.8 Å². The molecule has 3 saturated carbocycles. The first-order valence-electron chi connectivity index (χ1n) is 12.2. The molecule has 4 aliphatic carbocycles. The fraction of sp³-hybridized carbons (Fsp3) is 0.852. The molecule has 4 rings (SSSR count). The summed E-state index contributed by atoms with van der Waals surface area (Å²) >= 11 is 0. The van der Waals surface area contributed by atoms with Crippen molar-refractivity contribution in [1.82, 2.24) is 0 Å². The Hall–Kier alpha value is -0.520. The Balaban J connectivity index is 1.48. The van der Waals surface area contributed by atoms with Gasteiger partial charge in [-0.15, -0.1) is 0 Å². The Morgan fingerprint density at radius 2 is 1.81 bits per heavy atom. The molecule has 0 N–H and O–H groups in total. The molecule has 7 atom stereocenters. The lowest BCUT2D eigenvalue weighted by atomic mass is 9.47. The van der Waals surface area contributed by atoms with Crippen molar-refractivity contribution in [2.45, 2.75) is 98.8 Å². The number of rotatable bonds is 5. The Morgan fingerprint density at radius 1 is 1.00 bits per heavy atom. The van der Waals surface area contributed by atoms with Crippen LogP contribution >= 0.6 is 0 Å². The van der Waals surface area contributed by atoms with Crippen LogP contribution in [0.4, 0.5) is 0 Å². The molecule has 27 heavy (non-hydrogen) atoms. The van der Waals surface area contributed by atoms with Crippen LogP contribution in [0.15, 0.2) is 23.8 Å². The highest BCUT2D eigenvalue weighted by atomic mass is 14.6. The quantitative estimate of drug-likeness (QED) is 0.459. The van der Waals surface area contributed by atoms with Crippen molar-refractivity contribution >= 4 is 0 Å². The van der Waals surface area contributed by atoms with Crippen molar-refractivity contribution < 1.29 is 0 Å². The van der Waals surface area contributed by atoms with Crippen molar-refractivity contribution in [3.63, 3.8) is 0 Å². The lowest BCUT2D eigenvalue weighted by molar-refractivity contribution is -0.0547. The molecule has 0 aliphatic heterocycles. The third kappa shape index (κ3) is 3.28. The van der Waals surface area contributed by atoms with Gasteiger partial charge in [-0.1, -0.05) is 77.7 Å². The van der Waals surface area contributed by atoms with Gasteiger partial charge in [0.2, 0.25) is 0 Å². The van der Waals surface area contributed by atoms with Gasteiger partial charge in [-0.2, -0.15) is 0 Å². The first-order chi connectivity index (χ1) is 12.9. The van der Waals surface area contributed by atoms with Gasteiger partial charge >= 0.3 is 0 Å². The molecular formula is C27H44. The summed E-state index contributed by atoms with van der Waals surface area (Å²) in [4.78, 5) is 0. The van der Waals surface area contributed by atoms with Gasteiger partial charge in [0.15, 0.2) is 0 Å². The summed E-state index contributed by atoms with van der Waals surface area (Å²) in [5.74, 6) is 5.77. The molecular weight excluding hydrogens is 324 g/mol. The summed E-state index contributed by atoms with van der Waals surface area (Å²) in [7, 11) is 0. The Bertz CT molecular complexity index is 595. The Kier molecular flexibility index (Phi) is 5.41. The highest BCUT2D eigenvalue weighted by Gasteiger charge is 2.58. The van der Waals surface area contributed by atoms with Gasteiger partial charge in [0, 0.05) is 0 Å². The molecule has 0 aromatic heterocycles.